The molecule has 2 rings (SSSR count). The minimum absolute atomic E-state index is 0.0598. The van der Waals surface area contributed by atoms with Gasteiger partial charge in [-0.05, 0) is 56.5 Å². The molecule has 5 heteroatoms. The highest BCUT2D eigenvalue weighted by Gasteiger charge is 2.21. The van der Waals surface area contributed by atoms with Crippen LogP contribution in [0.25, 0.3) is 0 Å². The summed E-state index contributed by atoms with van der Waals surface area (Å²) in [4.78, 5) is 14.2. The number of benzene rings is 1. The maximum atomic E-state index is 12.3. The molecule has 1 aromatic carbocycles. The van der Waals surface area contributed by atoms with Gasteiger partial charge in [0.2, 0.25) is 0 Å². The predicted molar refractivity (Wildman–Crippen MR) is 73.3 cm³/mol. The Morgan fingerprint density at radius 1 is 1.29 bits per heavy atom. The molecule has 17 heavy (non-hydrogen) atoms. The normalized spacial score (nSPS) is 16.1. The Balaban J connectivity index is 2.29. The molecule has 0 unspecified atom stereocenters. The lowest BCUT2D eigenvalue weighted by atomic mass is 10.1. The smallest absolute Gasteiger partial charge is 0.255 e. The van der Waals surface area contributed by atoms with Crippen molar-refractivity contribution in [3.63, 3.8) is 0 Å². The summed E-state index contributed by atoms with van der Waals surface area (Å²) in [5.74, 6) is 0.0598. The molecule has 1 aromatic rings. The lowest BCUT2D eigenvalue weighted by Crippen LogP contribution is -2.40. The number of morpholine rings is 1. The van der Waals surface area contributed by atoms with E-state index in [1.165, 1.54) is 0 Å². The number of carbonyl (C=O) groups is 1. The lowest BCUT2D eigenvalue weighted by molar-refractivity contribution is 0.0302. The van der Waals surface area contributed by atoms with Crippen molar-refractivity contribution in [2.75, 3.05) is 26.3 Å². The quantitative estimate of drug-likeness (QED) is 0.768. The molecule has 0 atom stereocenters. The number of nitrogens with zero attached hydrogens (tertiary/aromatic N) is 1. The molecule has 92 valence electrons. The molecule has 1 aliphatic heterocycles. The van der Waals surface area contributed by atoms with E-state index in [0.29, 0.717) is 31.9 Å². The topological polar surface area (TPSA) is 29.5 Å². The first-order valence-electron chi connectivity index (χ1n) is 5.42. The van der Waals surface area contributed by atoms with Crippen LogP contribution in [0, 0.1) is 6.92 Å². The standard InChI is InChI=1S/C12H13Br2NO2/c1-8-6-9(11(14)10(13)7-8)12(16)15-2-4-17-5-3-15/h6-7H,2-5H2,1H3. The van der Waals surface area contributed by atoms with E-state index in [1.807, 2.05) is 24.0 Å². The van der Waals surface area contributed by atoms with Crippen molar-refractivity contribution in [1.29, 1.82) is 0 Å². The van der Waals surface area contributed by atoms with Gasteiger partial charge in [-0.1, -0.05) is 0 Å². The highest BCUT2D eigenvalue weighted by Crippen LogP contribution is 2.29. The number of hydrogen-bond acceptors (Lipinski definition) is 2. The van der Waals surface area contributed by atoms with Gasteiger partial charge < -0.3 is 9.64 Å². The van der Waals surface area contributed by atoms with E-state index < -0.39 is 0 Å². The van der Waals surface area contributed by atoms with E-state index in [2.05, 4.69) is 31.9 Å². The van der Waals surface area contributed by atoms with Crippen LogP contribution < -0.4 is 0 Å². The van der Waals surface area contributed by atoms with Gasteiger partial charge in [-0.15, -0.1) is 0 Å². The van der Waals surface area contributed by atoms with Crippen molar-refractivity contribution in [2.45, 2.75) is 6.92 Å². The number of carbonyl (C=O) groups excluding carboxylic acids is 1. The average Bonchev–Trinajstić information content (AvgIpc) is 2.34. The Hall–Kier alpha value is -0.390. The summed E-state index contributed by atoms with van der Waals surface area (Å²) in [5, 5.41) is 0. The van der Waals surface area contributed by atoms with Gasteiger partial charge in [0.15, 0.2) is 0 Å². The monoisotopic (exact) mass is 361 g/mol. The summed E-state index contributed by atoms with van der Waals surface area (Å²) in [7, 11) is 0. The second kappa shape index (κ2) is 5.50. The average molecular weight is 363 g/mol. The maximum absolute atomic E-state index is 12.3. The zero-order chi connectivity index (χ0) is 12.4. The molecule has 1 fully saturated rings. The van der Waals surface area contributed by atoms with Crippen LogP contribution >= 0.6 is 31.9 Å². The molecule has 1 heterocycles. The summed E-state index contributed by atoms with van der Waals surface area (Å²) in [6, 6.07) is 3.90. The summed E-state index contributed by atoms with van der Waals surface area (Å²) >= 11 is 6.90. The number of aryl methyl sites for hydroxylation is 1. The van der Waals surface area contributed by atoms with E-state index in [4.69, 9.17) is 4.74 Å². The zero-order valence-corrected chi connectivity index (χ0v) is 12.7. The highest BCUT2D eigenvalue weighted by molar-refractivity contribution is 9.13. The molecule has 0 aliphatic carbocycles. The minimum atomic E-state index is 0.0598. The van der Waals surface area contributed by atoms with Crippen molar-refractivity contribution in [3.8, 4) is 0 Å². The number of ether oxygens (including phenoxy) is 1. The molecule has 0 bridgehead atoms. The van der Waals surface area contributed by atoms with Crippen LogP contribution in [0.3, 0.4) is 0 Å². The Morgan fingerprint density at radius 2 is 1.94 bits per heavy atom. The fourth-order valence-corrected chi connectivity index (χ4v) is 2.79. The number of halogens is 2. The Kier molecular flexibility index (Phi) is 4.22. The second-order valence-corrected chi connectivity index (χ2v) is 5.66. The van der Waals surface area contributed by atoms with Crippen molar-refractivity contribution in [2.24, 2.45) is 0 Å². The van der Waals surface area contributed by atoms with E-state index in [9.17, 15) is 4.79 Å². The molecule has 0 radical (unpaired) electrons. The molecule has 0 saturated carbocycles. The third kappa shape index (κ3) is 2.89. The van der Waals surface area contributed by atoms with Gasteiger partial charge in [0.25, 0.3) is 5.91 Å². The number of hydrogen-bond donors (Lipinski definition) is 0. The maximum Gasteiger partial charge on any atom is 0.255 e. The van der Waals surface area contributed by atoms with E-state index >= 15 is 0 Å². The van der Waals surface area contributed by atoms with Gasteiger partial charge in [-0.25, -0.2) is 0 Å². The van der Waals surface area contributed by atoms with Crippen LogP contribution in [0.4, 0.5) is 0 Å². The van der Waals surface area contributed by atoms with Gasteiger partial charge >= 0.3 is 0 Å². The molecule has 3 nitrogen and oxygen atoms in total. The van der Waals surface area contributed by atoms with E-state index in [1.54, 1.807) is 0 Å². The Bertz CT molecular complexity index is 442. The van der Waals surface area contributed by atoms with Crippen molar-refractivity contribution in [3.05, 3.63) is 32.2 Å². The largest absolute Gasteiger partial charge is 0.378 e. The highest BCUT2D eigenvalue weighted by atomic mass is 79.9. The molecule has 0 aromatic heterocycles. The van der Waals surface area contributed by atoms with Crippen molar-refractivity contribution < 1.29 is 9.53 Å². The second-order valence-electron chi connectivity index (χ2n) is 4.01. The third-order valence-electron chi connectivity index (χ3n) is 2.70. The molecule has 0 N–H and O–H groups in total. The first kappa shape index (κ1) is 13.1. The molecular formula is C12H13Br2NO2. The third-order valence-corrected chi connectivity index (χ3v) is 4.71. The van der Waals surface area contributed by atoms with Crippen LogP contribution in [-0.4, -0.2) is 37.1 Å². The minimum Gasteiger partial charge on any atom is -0.378 e. The lowest BCUT2D eigenvalue weighted by Gasteiger charge is -2.27. The van der Waals surface area contributed by atoms with Gasteiger partial charge in [-0.2, -0.15) is 0 Å². The fourth-order valence-electron chi connectivity index (χ4n) is 1.82. The van der Waals surface area contributed by atoms with Crippen LogP contribution in [0.5, 0.6) is 0 Å². The van der Waals surface area contributed by atoms with E-state index in [-0.39, 0.29) is 5.91 Å². The molecule has 1 saturated heterocycles. The van der Waals surface area contributed by atoms with Crippen LogP contribution in [-0.2, 0) is 4.74 Å². The van der Waals surface area contributed by atoms with E-state index in [0.717, 1.165) is 14.5 Å². The summed E-state index contributed by atoms with van der Waals surface area (Å²) in [6.45, 7) is 4.55. The van der Waals surface area contributed by atoms with Crippen LogP contribution in [0.2, 0.25) is 0 Å². The van der Waals surface area contributed by atoms with Gasteiger partial charge in [-0.3, -0.25) is 4.79 Å². The molecule has 0 spiro atoms. The van der Waals surface area contributed by atoms with Crippen molar-refractivity contribution in [1.82, 2.24) is 4.90 Å². The first-order valence-corrected chi connectivity index (χ1v) is 7.01. The zero-order valence-electron chi connectivity index (χ0n) is 9.50. The first-order chi connectivity index (χ1) is 8.09. The van der Waals surface area contributed by atoms with Crippen LogP contribution in [0.15, 0.2) is 21.1 Å². The Morgan fingerprint density at radius 3 is 2.59 bits per heavy atom. The number of rotatable bonds is 1. The molecule has 1 aliphatic rings. The molecule has 1 amide bonds. The number of amides is 1. The van der Waals surface area contributed by atoms with Gasteiger partial charge in [0.1, 0.15) is 0 Å². The Labute approximate surface area is 117 Å². The van der Waals surface area contributed by atoms with Gasteiger partial charge in [0.05, 0.1) is 18.8 Å². The molecular weight excluding hydrogens is 350 g/mol. The predicted octanol–water partition coefficient (Wildman–Crippen LogP) is 2.99. The SMILES string of the molecule is Cc1cc(Br)c(Br)c(C(=O)N2CCOCC2)c1. The summed E-state index contributed by atoms with van der Waals surface area (Å²) in [6.07, 6.45) is 0. The summed E-state index contributed by atoms with van der Waals surface area (Å²) in [5.41, 5.74) is 1.77. The summed E-state index contributed by atoms with van der Waals surface area (Å²) < 4.78 is 6.98. The van der Waals surface area contributed by atoms with Gasteiger partial charge in [0, 0.05) is 22.0 Å². The fraction of sp³-hybridized carbons (Fsp3) is 0.417. The van der Waals surface area contributed by atoms with Crippen molar-refractivity contribution >= 4 is 37.8 Å². The van der Waals surface area contributed by atoms with Crippen LogP contribution in [0.1, 0.15) is 15.9 Å².